The molecule has 2 N–H and O–H groups in total. The fraction of sp³-hybridized carbons (Fsp3) is 0.0909. The molecule has 0 radical (unpaired) electrons. The number of hydrogen-bond donors (Lipinski definition) is 2. The van der Waals surface area contributed by atoms with Crippen LogP contribution in [0.3, 0.4) is 0 Å². The lowest BCUT2D eigenvalue weighted by molar-refractivity contribution is 0.483. The maximum Gasteiger partial charge on any atom is 0.294 e. The van der Waals surface area contributed by atoms with Crippen molar-refractivity contribution in [3.05, 3.63) is 30.3 Å². The van der Waals surface area contributed by atoms with E-state index in [2.05, 4.69) is 5.32 Å². The van der Waals surface area contributed by atoms with E-state index in [1.165, 1.54) is 6.07 Å². The molecule has 0 bridgehead atoms. The minimum Gasteiger partial charge on any atom is -0.768 e. The molecule has 0 amide bonds. The van der Waals surface area contributed by atoms with Crippen molar-refractivity contribution in [2.24, 2.45) is 0 Å². The van der Waals surface area contributed by atoms with Crippen molar-refractivity contribution >= 4 is 37.7 Å². The summed E-state index contributed by atoms with van der Waals surface area (Å²) in [5.41, 5.74) is 0.693. The summed E-state index contributed by atoms with van der Waals surface area (Å²) in [7, 11) is -2.77. The van der Waals surface area contributed by atoms with E-state index in [0.29, 0.717) is 16.5 Å². The van der Waals surface area contributed by atoms with E-state index < -0.39 is 26.1 Å². The molecule has 2 aromatic carbocycles. The van der Waals surface area contributed by atoms with Crippen LogP contribution in [-0.4, -0.2) is 28.8 Å². The molecule has 0 aromatic heterocycles. The van der Waals surface area contributed by atoms with Gasteiger partial charge >= 0.3 is 0 Å². The van der Waals surface area contributed by atoms with Crippen molar-refractivity contribution in [2.45, 2.75) is 9.79 Å². The Kier molecular flexibility index (Phi) is 3.59. The number of fused-ring (bicyclic) bond motifs is 1. The summed E-state index contributed by atoms with van der Waals surface area (Å²) in [6, 6.07) is 6.99. The van der Waals surface area contributed by atoms with Gasteiger partial charge in [-0.15, -0.1) is 0 Å². The summed E-state index contributed by atoms with van der Waals surface area (Å²) in [5.74, 6) is 0. The van der Waals surface area contributed by atoms with Crippen molar-refractivity contribution in [3.63, 3.8) is 0 Å². The van der Waals surface area contributed by atoms with Gasteiger partial charge in [0.25, 0.3) is 10.1 Å². The van der Waals surface area contributed by atoms with Crippen molar-refractivity contribution in [3.8, 4) is 0 Å². The second-order valence-electron chi connectivity index (χ2n) is 3.82. The maximum atomic E-state index is 11.2. The minimum absolute atomic E-state index is 0.178. The monoisotopic (exact) mass is 300 g/mol. The molecule has 0 aliphatic heterocycles. The van der Waals surface area contributed by atoms with Crippen LogP contribution in [0.25, 0.3) is 10.8 Å². The predicted octanol–water partition coefficient (Wildman–Crippen LogP) is 1.37. The van der Waals surface area contributed by atoms with E-state index in [0.717, 1.165) is 6.07 Å². The molecule has 6 nitrogen and oxygen atoms in total. The summed E-state index contributed by atoms with van der Waals surface area (Å²) in [6.45, 7) is 0. The van der Waals surface area contributed by atoms with E-state index in [4.69, 9.17) is 4.55 Å². The van der Waals surface area contributed by atoms with Gasteiger partial charge in [0.2, 0.25) is 0 Å². The average Bonchev–Trinajstić information content (AvgIpc) is 2.35. The Morgan fingerprint density at radius 2 is 1.95 bits per heavy atom. The van der Waals surface area contributed by atoms with Crippen LogP contribution in [-0.2, 0) is 21.2 Å². The normalized spacial score (nSPS) is 13.4. The fourth-order valence-corrected chi connectivity index (χ4v) is 2.94. The SMILES string of the molecule is CNc1ccc2cc(S(=O)(=O)O)cc(S(=O)[O-])c2c1. The first-order chi connectivity index (χ1) is 8.82. The van der Waals surface area contributed by atoms with Crippen molar-refractivity contribution in [1.82, 2.24) is 0 Å². The summed E-state index contributed by atoms with van der Waals surface area (Å²) >= 11 is -2.61. The molecule has 0 heterocycles. The Labute approximate surface area is 112 Å². The zero-order valence-electron chi connectivity index (χ0n) is 9.78. The van der Waals surface area contributed by atoms with Crippen LogP contribution in [0.2, 0.25) is 0 Å². The van der Waals surface area contributed by atoms with Gasteiger partial charge in [-0.1, -0.05) is 6.07 Å². The minimum atomic E-state index is -4.45. The van der Waals surface area contributed by atoms with Crippen LogP contribution in [0.5, 0.6) is 0 Å². The second kappa shape index (κ2) is 4.89. The van der Waals surface area contributed by atoms with Gasteiger partial charge in [-0.05, 0) is 46.1 Å². The number of nitrogens with one attached hydrogen (secondary N) is 1. The molecular weight excluding hydrogens is 290 g/mol. The molecule has 0 aliphatic rings. The highest BCUT2D eigenvalue weighted by molar-refractivity contribution is 7.86. The van der Waals surface area contributed by atoms with Crippen LogP contribution < -0.4 is 5.32 Å². The zero-order chi connectivity index (χ0) is 14.2. The van der Waals surface area contributed by atoms with Crippen LogP contribution in [0.4, 0.5) is 5.69 Å². The highest BCUT2D eigenvalue weighted by Gasteiger charge is 2.14. The lowest BCUT2D eigenvalue weighted by Crippen LogP contribution is -2.01. The average molecular weight is 300 g/mol. The first kappa shape index (κ1) is 13.9. The number of rotatable bonds is 3. The van der Waals surface area contributed by atoms with Gasteiger partial charge in [-0.2, -0.15) is 8.42 Å². The summed E-state index contributed by atoms with van der Waals surface area (Å²) in [6.07, 6.45) is 0. The Balaban J connectivity index is 2.87. The van der Waals surface area contributed by atoms with Gasteiger partial charge in [0.15, 0.2) is 0 Å². The standard InChI is InChI=1S/C11H11NO5S2/c1-12-8-3-2-7-4-9(19(15,16)17)6-11(18(13)14)10(7)5-8/h2-6,12H,1H3,(H,13,14)(H,15,16,17)/p-1. The zero-order valence-corrected chi connectivity index (χ0v) is 11.4. The highest BCUT2D eigenvalue weighted by atomic mass is 32.2. The predicted molar refractivity (Wildman–Crippen MR) is 70.5 cm³/mol. The van der Waals surface area contributed by atoms with Crippen molar-refractivity contribution < 1.29 is 21.7 Å². The first-order valence-electron chi connectivity index (χ1n) is 5.15. The topological polar surface area (TPSA) is 107 Å². The van der Waals surface area contributed by atoms with Crippen LogP contribution >= 0.6 is 0 Å². The van der Waals surface area contributed by atoms with Gasteiger partial charge < -0.3 is 9.87 Å². The quantitative estimate of drug-likeness (QED) is 0.655. The smallest absolute Gasteiger partial charge is 0.294 e. The lowest BCUT2D eigenvalue weighted by atomic mass is 10.1. The third-order valence-corrected chi connectivity index (χ3v) is 4.18. The third kappa shape index (κ3) is 2.76. The Morgan fingerprint density at radius 1 is 1.26 bits per heavy atom. The molecule has 0 aliphatic carbocycles. The molecular formula is C11H10NO5S2-. The van der Waals surface area contributed by atoms with Gasteiger partial charge in [0, 0.05) is 17.6 Å². The van der Waals surface area contributed by atoms with E-state index in [1.807, 2.05) is 0 Å². The molecule has 8 heteroatoms. The maximum absolute atomic E-state index is 11.2. The molecule has 19 heavy (non-hydrogen) atoms. The van der Waals surface area contributed by atoms with Crippen molar-refractivity contribution in [1.29, 1.82) is 0 Å². The summed E-state index contributed by atoms with van der Waals surface area (Å²) in [4.78, 5) is -0.626. The Morgan fingerprint density at radius 3 is 2.47 bits per heavy atom. The molecule has 0 fully saturated rings. The molecule has 2 rings (SSSR count). The molecule has 0 saturated carbocycles. The van der Waals surface area contributed by atoms with Gasteiger partial charge in [-0.3, -0.25) is 8.76 Å². The van der Waals surface area contributed by atoms with E-state index in [9.17, 15) is 17.2 Å². The summed E-state index contributed by atoms with van der Waals surface area (Å²) in [5, 5.41) is 3.65. The van der Waals surface area contributed by atoms with Crippen LogP contribution in [0, 0.1) is 0 Å². The molecule has 0 spiro atoms. The van der Waals surface area contributed by atoms with Crippen molar-refractivity contribution in [2.75, 3.05) is 12.4 Å². The van der Waals surface area contributed by atoms with Gasteiger partial charge in [-0.25, -0.2) is 0 Å². The number of hydrogen-bond acceptors (Lipinski definition) is 5. The molecule has 102 valence electrons. The van der Waals surface area contributed by atoms with Gasteiger partial charge in [0.1, 0.15) is 0 Å². The van der Waals surface area contributed by atoms with E-state index in [-0.39, 0.29) is 4.90 Å². The Hall–Kier alpha value is -1.48. The fourth-order valence-electron chi connectivity index (χ4n) is 1.74. The Bertz CT molecular complexity index is 770. The van der Waals surface area contributed by atoms with Crippen LogP contribution in [0.15, 0.2) is 40.1 Å². The summed E-state index contributed by atoms with van der Waals surface area (Å²) < 4.78 is 53.6. The molecule has 2 aromatic rings. The van der Waals surface area contributed by atoms with E-state index in [1.54, 1.807) is 25.2 Å². The molecule has 1 unspecified atom stereocenters. The highest BCUT2D eigenvalue weighted by Crippen LogP contribution is 2.28. The first-order valence-corrected chi connectivity index (χ1v) is 7.67. The number of benzene rings is 2. The number of anilines is 1. The second-order valence-corrected chi connectivity index (χ2v) is 6.15. The van der Waals surface area contributed by atoms with E-state index >= 15 is 0 Å². The third-order valence-electron chi connectivity index (χ3n) is 2.66. The van der Waals surface area contributed by atoms with Crippen LogP contribution in [0.1, 0.15) is 0 Å². The molecule has 0 saturated heterocycles. The molecule has 1 atom stereocenters. The lowest BCUT2D eigenvalue weighted by Gasteiger charge is -2.12. The largest absolute Gasteiger partial charge is 0.768 e. The van der Waals surface area contributed by atoms with Gasteiger partial charge in [0.05, 0.1) is 4.90 Å².